The van der Waals surface area contributed by atoms with Gasteiger partial charge in [-0.1, -0.05) is 142 Å². The zero-order chi connectivity index (χ0) is 39.1. The first-order valence-electron chi connectivity index (χ1n) is 20.2. The van der Waals surface area contributed by atoms with E-state index in [9.17, 15) is 29.4 Å². The van der Waals surface area contributed by atoms with Gasteiger partial charge < -0.3 is 19.8 Å². The fourth-order valence-corrected chi connectivity index (χ4v) is 9.40. The zero-order valence-electron chi connectivity index (χ0n) is 33.4. The number of carbonyl (C=O) groups is 4. The van der Waals surface area contributed by atoms with Crippen LogP contribution in [0.2, 0.25) is 8.87 Å². The molecule has 11 heteroatoms. The Hall–Kier alpha value is -0.621. The molecule has 8 nitrogen and oxygen atoms in total. The molecule has 4 unspecified atom stereocenters. The Balaban J connectivity index is -0.000000678. The normalized spacial score (nSPS) is 12.9. The van der Waals surface area contributed by atoms with Crippen LogP contribution in [-0.2, 0) is 28.7 Å². The summed E-state index contributed by atoms with van der Waals surface area (Å²) in [5, 5.41) is 19.6. The number of unbranched alkanes of at least 4 members (excludes halogenated alkanes) is 18. The van der Waals surface area contributed by atoms with Crippen LogP contribution in [0.15, 0.2) is 0 Å². The molecule has 0 N–H and O–H groups in total. The van der Waals surface area contributed by atoms with Gasteiger partial charge in [0.15, 0.2) is 0 Å². The van der Waals surface area contributed by atoms with E-state index in [2.05, 4.69) is 39.1 Å². The van der Waals surface area contributed by atoms with Gasteiger partial charge in [0.2, 0.25) is 0 Å². The molecule has 0 aromatic heterocycles. The maximum absolute atomic E-state index is 11.4. The van der Waals surface area contributed by atoms with Crippen LogP contribution in [0, 0.1) is 11.8 Å². The number of thiol groups is 2. The van der Waals surface area contributed by atoms with Crippen LogP contribution in [0.3, 0.4) is 0 Å². The summed E-state index contributed by atoms with van der Waals surface area (Å²) in [7, 11) is 0. The average molecular weight is 868 g/mol. The van der Waals surface area contributed by atoms with Gasteiger partial charge in [-0.2, -0.15) is 25.3 Å². The Morgan fingerprint density at radius 2 is 0.745 bits per heavy atom. The SMILES string of the molecule is CCCCCCCCCCCCC(S)C(=O)[O-].CCCCCCCCCCCCC(S)C(=O)[O-].CCOC(=O)C(C)[CH2][Sn+2][CH2]C(C)C(=O)OCC. The molecule has 0 bridgehead atoms. The molecule has 0 aromatic carbocycles. The molecular weight excluding hydrogens is 791 g/mol. The second kappa shape index (κ2) is 42.1. The number of carboxylic acid groups (broad SMARTS) is 2. The Morgan fingerprint density at radius 1 is 0.490 bits per heavy atom. The predicted molar refractivity (Wildman–Crippen MR) is 215 cm³/mol. The predicted octanol–water partition coefficient (Wildman–Crippen LogP) is 8.62. The van der Waals surface area contributed by atoms with Crippen LogP contribution < -0.4 is 10.2 Å². The van der Waals surface area contributed by atoms with Crippen molar-refractivity contribution in [3.8, 4) is 0 Å². The van der Waals surface area contributed by atoms with Crippen LogP contribution in [-0.4, -0.2) is 68.7 Å². The minimum atomic E-state index is -1.04. The molecule has 0 aromatic rings. The fourth-order valence-electron chi connectivity index (χ4n) is 5.14. The number of aliphatic carboxylic acids is 2. The summed E-state index contributed by atoms with van der Waals surface area (Å²) in [6, 6.07) is 0. The Labute approximate surface area is 334 Å². The summed E-state index contributed by atoms with van der Waals surface area (Å²) in [6.07, 6.45) is 26.7. The number of carboxylic acids is 2. The van der Waals surface area contributed by atoms with Gasteiger partial charge in [-0.3, -0.25) is 0 Å². The molecule has 0 saturated heterocycles. The van der Waals surface area contributed by atoms with Crippen molar-refractivity contribution in [1.82, 2.24) is 0 Å². The number of rotatable bonds is 32. The van der Waals surface area contributed by atoms with E-state index in [4.69, 9.17) is 9.47 Å². The average Bonchev–Trinajstić information content (AvgIpc) is 3.10. The first-order valence-corrected chi connectivity index (χ1v) is 25.3. The molecule has 0 spiro atoms. The van der Waals surface area contributed by atoms with E-state index >= 15 is 0 Å². The molecular formula is C40H76O8S2Sn. The molecule has 0 radical (unpaired) electrons. The number of hydrogen-bond acceptors (Lipinski definition) is 10. The summed E-state index contributed by atoms with van der Waals surface area (Å²) in [5.74, 6) is -2.34. The number of carbonyl (C=O) groups excluding carboxylic acids is 4. The van der Waals surface area contributed by atoms with Gasteiger partial charge in [0.1, 0.15) is 0 Å². The molecule has 0 rings (SSSR count). The van der Waals surface area contributed by atoms with Crippen molar-refractivity contribution in [2.75, 3.05) is 13.2 Å². The van der Waals surface area contributed by atoms with Crippen LogP contribution in [0.1, 0.15) is 183 Å². The van der Waals surface area contributed by atoms with Crippen LogP contribution in [0.5, 0.6) is 0 Å². The zero-order valence-corrected chi connectivity index (χ0v) is 38.0. The van der Waals surface area contributed by atoms with Crippen molar-refractivity contribution in [3.63, 3.8) is 0 Å². The van der Waals surface area contributed by atoms with E-state index in [-0.39, 0.29) is 23.8 Å². The van der Waals surface area contributed by atoms with E-state index in [1.54, 1.807) is 0 Å². The molecule has 300 valence electrons. The maximum atomic E-state index is 11.4. The van der Waals surface area contributed by atoms with Crippen LogP contribution in [0.25, 0.3) is 0 Å². The standard InChI is InChI=1S/2C14H28O2S.2C6H11O2.Sn/c2*1-2-3-4-5-6-7-8-9-10-11-12-13(17)14(15)16;2*1-4-8-6(7)5(2)3;/h2*13,17H,2-12H2,1H3,(H,15,16);2*5H,2,4H2,1,3H3;/q;;;;+2/p-2. The Morgan fingerprint density at radius 3 is 0.980 bits per heavy atom. The molecule has 0 aliphatic carbocycles. The Kier molecular flexibility index (Phi) is 45.2. The molecule has 0 fully saturated rings. The van der Waals surface area contributed by atoms with Gasteiger partial charge >= 0.3 is 114 Å². The first-order chi connectivity index (χ1) is 24.4. The minimum absolute atomic E-state index is 0.0176. The van der Waals surface area contributed by atoms with Gasteiger partial charge in [0.05, 0.1) is 11.9 Å². The molecule has 4 atom stereocenters. The van der Waals surface area contributed by atoms with E-state index in [0.717, 1.165) is 34.6 Å². The van der Waals surface area contributed by atoms with Crippen LogP contribution >= 0.6 is 25.3 Å². The van der Waals surface area contributed by atoms with Crippen molar-refractivity contribution in [2.24, 2.45) is 11.8 Å². The van der Waals surface area contributed by atoms with Crippen molar-refractivity contribution in [3.05, 3.63) is 0 Å². The summed E-state index contributed by atoms with van der Waals surface area (Å²) in [4.78, 5) is 43.5. The summed E-state index contributed by atoms with van der Waals surface area (Å²) < 4.78 is 11.7. The van der Waals surface area contributed by atoms with Crippen LogP contribution in [0.4, 0.5) is 0 Å². The first kappa shape index (κ1) is 54.7. The van der Waals surface area contributed by atoms with E-state index in [1.807, 2.05) is 27.7 Å². The molecule has 0 amide bonds. The molecule has 0 aliphatic heterocycles. The second-order valence-corrected chi connectivity index (χ2v) is 18.6. The van der Waals surface area contributed by atoms with E-state index < -0.39 is 43.6 Å². The topological polar surface area (TPSA) is 133 Å². The molecule has 0 aliphatic rings. The summed E-state index contributed by atoms with van der Waals surface area (Å²) >= 11 is 7.23. The van der Waals surface area contributed by atoms with Gasteiger partial charge in [0.25, 0.3) is 0 Å². The number of hydrogen-bond donors (Lipinski definition) is 2. The fraction of sp³-hybridized carbons (Fsp3) is 0.900. The van der Waals surface area contributed by atoms with Gasteiger partial charge in [-0.05, 0) is 12.8 Å². The van der Waals surface area contributed by atoms with Crippen molar-refractivity contribution in [2.45, 2.75) is 202 Å². The van der Waals surface area contributed by atoms with Crippen molar-refractivity contribution < 1.29 is 38.9 Å². The number of esters is 2. The van der Waals surface area contributed by atoms with Crippen molar-refractivity contribution >= 4 is 70.3 Å². The van der Waals surface area contributed by atoms with Gasteiger partial charge in [-0.15, -0.1) is 0 Å². The Bertz CT molecular complexity index is 753. The quantitative estimate of drug-likeness (QED) is 0.0298. The third kappa shape index (κ3) is 42.0. The van der Waals surface area contributed by atoms with Crippen molar-refractivity contribution in [1.29, 1.82) is 0 Å². The molecule has 0 heterocycles. The third-order valence-electron chi connectivity index (χ3n) is 8.49. The third-order valence-corrected chi connectivity index (χ3v) is 14.6. The van der Waals surface area contributed by atoms with E-state index in [0.29, 0.717) is 26.1 Å². The van der Waals surface area contributed by atoms with Gasteiger partial charge in [0, 0.05) is 10.5 Å². The summed E-state index contributed by atoms with van der Waals surface area (Å²) in [5.41, 5.74) is 0. The number of ether oxygens (including phenoxy) is 2. The van der Waals surface area contributed by atoms with Gasteiger partial charge in [-0.25, -0.2) is 0 Å². The summed E-state index contributed by atoms with van der Waals surface area (Å²) in [6.45, 7) is 12.8. The second-order valence-electron chi connectivity index (χ2n) is 13.6. The molecule has 0 saturated carbocycles. The van der Waals surface area contributed by atoms with E-state index in [1.165, 1.54) is 103 Å². The monoisotopic (exact) mass is 868 g/mol. The molecule has 51 heavy (non-hydrogen) atoms.